The zero-order valence-corrected chi connectivity index (χ0v) is 10.3. The summed E-state index contributed by atoms with van der Waals surface area (Å²) < 4.78 is 37.7. The van der Waals surface area contributed by atoms with Gasteiger partial charge < -0.3 is 10.4 Å². The second-order valence-electron chi connectivity index (χ2n) is 4.85. The minimum Gasteiger partial charge on any atom is -0.396 e. The summed E-state index contributed by atoms with van der Waals surface area (Å²) in [6.45, 7) is 0.0346. The fraction of sp³-hybridized carbons (Fsp3) is 0.917. The smallest absolute Gasteiger partial charge is 0.391 e. The monoisotopic (exact) mass is 267 g/mol. The summed E-state index contributed by atoms with van der Waals surface area (Å²) in [6, 6.07) is -0.355. The molecule has 3 nitrogen and oxygen atoms in total. The average Bonchev–Trinajstić information content (AvgIpc) is 2.28. The van der Waals surface area contributed by atoms with Crippen LogP contribution in [0.5, 0.6) is 0 Å². The van der Waals surface area contributed by atoms with Crippen molar-refractivity contribution >= 4 is 5.91 Å². The van der Waals surface area contributed by atoms with Crippen LogP contribution in [0.4, 0.5) is 13.2 Å². The van der Waals surface area contributed by atoms with E-state index in [0.29, 0.717) is 25.7 Å². The van der Waals surface area contributed by atoms with Gasteiger partial charge in [0.25, 0.3) is 0 Å². The second-order valence-corrected chi connectivity index (χ2v) is 4.85. The Morgan fingerprint density at radius 2 is 2.00 bits per heavy atom. The number of carbonyl (C=O) groups excluding carboxylic acids is 1. The zero-order chi connectivity index (χ0) is 13.6. The van der Waals surface area contributed by atoms with Gasteiger partial charge in [-0.15, -0.1) is 0 Å². The maximum absolute atomic E-state index is 12.6. The number of aliphatic hydroxyl groups is 1. The molecule has 0 aliphatic heterocycles. The number of hydrogen-bond acceptors (Lipinski definition) is 2. The van der Waals surface area contributed by atoms with Crippen molar-refractivity contribution in [2.24, 2.45) is 5.92 Å². The van der Waals surface area contributed by atoms with Gasteiger partial charge in [0.05, 0.1) is 5.92 Å². The molecule has 1 amide bonds. The van der Waals surface area contributed by atoms with Gasteiger partial charge in [-0.05, 0) is 32.1 Å². The summed E-state index contributed by atoms with van der Waals surface area (Å²) in [5, 5.41) is 11.2. The van der Waals surface area contributed by atoms with Crippen molar-refractivity contribution in [1.82, 2.24) is 5.32 Å². The van der Waals surface area contributed by atoms with E-state index >= 15 is 0 Å². The number of rotatable bonds is 5. The van der Waals surface area contributed by atoms with E-state index in [1.807, 2.05) is 0 Å². The lowest BCUT2D eigenvalue weighted by atomic mass is 9.85. The number of alkyl halides is 3. The fourth-order valence-electron chi connectivity index (χ4n) is 2.32. The van der Waals surface area contributed by atoms with Crippen molar-refractivity contribution in [1.29, 1.82) is 0 Å². The number of halogens is 3. The maximum Gasteiger partial charge on any atom is 0.391 e. The largest absolute Gasteiger partial charge is 0.396 e. The predicted octanol–water partition coefficient (Wildman–Crippen LogP) is 2.39. The maximum atomic E-state index is 12.6. The second kappa shape index (κ2) is 6.97. The van der Waals surface area contributed by atoms with Crippen LogP contribution in [-0.2, 0) is 4.79 Å². The van der Waals surface area contributed by atoms with E-state index in [4.69, 9.17) is 5.11 Å². The molecule has 0 spiro atoms. The molecule has 2 N–H and O–H groups in total. The van der Waals surface area contributed by atoms with Crippen LogP contribution in [0.25, 0.3) is 0 Å². The Kier molecular flexibility index (Phi) is 5.91. The lowest BCUT2D eigenvalue weighted by molar-refractivity contribution is -0.184. The van der Waals surface area contributed by atoms with Gasteiger partial charge in [0.1, 0.15) is 0 Å². The summed E-state index contributed by atoms with van der Waals surface area (Å²) in [4.78, 5) is 11.5. The summed E-state index contributed by atoms with van der Waals surface area (Å²) in [5.41, 5.74) is 0. The van der Waals surface area contributed by atoms with E-state index in [-0.39, 0.29) is 37.8 Å². The third kappa shape index (κ3) is 5.25. The minimum absolute atomic E-state index is 0.00472. The van der Waals surface area contributed by atoms with Crippen molar-refractivity contribution in [2.75, 3.05) is 6.61 Å². The van der Waals surface area contributed by atoms with Crippen LogP contribution in [0.15, 0.2) is 0 Å². The Labute approximate surface area is 105 Å². The van der Waals surface area contributed by atoms with E-state index in [0.717, 1.165) is 0 Å². The van der Waals surface area contributed by atoms with Gasteiger partial charge in [-0.1, -0.05) is 6.42 Å². The van der Waals surface area contributed by atoms with E-state index in [1.165, 1.54) is 0 Å². The van der Waals surface area contributed by atoms with Crippen LogP contribution in [-0.4, -0.2) is 29.8 Å². The van der Waals surface area contributed by atoms with Gasteiger partial charge in [0.2, 0.25) is 5.91 Å². The summed E-state index contributed by atoms with van der Waals surface area (Å²) in [5.74, 6) is -1.50. The quantitative estimate of drug-likeness (QED) is 0.751. The highest BCUT2D eigenvalue weighted by Crippen LogP contribution is 2.37. The molecule has 0 saturated heterocycles. The summed E-state index contributed by atoms with van der Waals surface area (Å²) in [7, 11) is 0. The molecule has 18 heavy (non-hydrogen) atoms. The minimum atomic E-state index is -4.15. The molecule has 1 fully saturated rings. The van der Waals surface area contributed by atoms with E-state index in [2.05, 4.69) is 5.32 Å². The van der Waals surface area contributed by atoms with Crippen molar-refractivity contribution in [3.63, 3.8) is 0 Å². The van der Waals surface area contributed by atoms with Crippen LogP contribution in [0.3, 0.4) is 0 Å². The number of aliphatic hydroxyl groups excluding tert-OH is 1. The Morgan fingerprint density at radius 3 is 2.61 bits per heavy atom. The van der Waals surface area contributed by atoms with Gasteiger partial charge in [-0.3, -0.25) is 4.79 Å². The van der Waals surface area contributed by atoms with Gasteiger partial charge in [0.15, 0.2) is 0 Å². The first kappa shape index (κ1) is 15.3. The van der Waals surface area contributed by atoms with Gasteiger partial charge in [-0.25, -0.2) is 0 Å². The van der Waals surface area contributed by atoms with Crippen molar-refractivity contribution in [2.45, 2.75) is 57.2 Å². The molecule has 0 heterocycles. The first-order chi connectivity index (χ1) is 8.43. The molecule has 0 aromatic carbocycles. The third-order valence-corrected chi connectivity index (χ3v) is 3.31. The highest BCUT2D eigenvalue weighted by molar-refractivity contribution is 5.76. The lowest BCUT2D eigenvalue weighted by Gasteiger charge is -2.31. The lowest BCUT2D eigenvalue weighted by Crippen LogP contribution is -2.41. The van der Waals surface area contributed by atoms with Gasteiger partial charge in [-0.2, -0.15) is 13.2 Å². The molecule has 106 valence electrons. The molecule has 0 aromatic rings. The number of nitrogens with one attached hydrogen (secondary N) is 1. The summed E-state index contributed by atoms with van der Waals surface area (Å²) >= 11 is 0. The molecule has 1 aliphatic carbocycles. The molecule has 0 bridgehead atoms. The van der Waals surface area contributed by atoms with Gasteiger partial charge in [0, 0.05) is 19.1 Å². The van der Waals surface area contributed by atoms with Crippen molar-refractivity contribution < 1.29 is 23.1 Å². The van der Waals surface area contributed by atoms with Crippen molar-refractivity contribution in [3.8, 4) is 0 Å². The van der Waals surface area contributed by atoms with E-state index in [1.54, 1.807) is 0 Å². The molecular weight excluding hydrogens is 247 g/mol. The highest BCUT2D eigenvalue weighted by atomic mass is 19.4. The fourth-order valence-corrected chi connectivity index (χ4v) is 2.32. The number of hydrogen-bond donors (Lipinski definition) is 2. The van der Waals surface area contributed by atoms with Crippen LogP contribution in [0, 0.1) is 5.92 Å². The number of amides is 1. The number of carbonyl (C=O) groups is 1. The first-order valence-electron chi connectivity index (χ1n) is 6.40. The van der Waals surface area contributed by atoms with Crippen LogP contribution < -0.4 is 5.32 Å². The molecule has 1 saturated carbocycles. The third-order valence-electron chi connectivity index (χ3n) is 3.31. The average molecular weight is 267 g/mol. The van der Waals surface area contributed by atoms with Crippen LogP contribution in [0.1, 0.15) is 44.9 Å². The van der Waals surface area contributed by atoms with E-state index in [9.17, 15) is 18.0 Å². The molecular formula is C12H20F3NO2. The molecule has 0 aromatic heterocycles. The SMILES string of the molecule is O=C(CCCCO)NC1CCCC(C(F)(F)F)C1. The van der Waals surface area contributed by atoms with Crippen molar-refractivity contribution in [3.05, 3.63) is 0 Å². The topological polar surface area (TPSA) is 49.3 Å². The Morgan fingerprint density at radius 1 is 1.28 bits per heavy atom. The molecule has 2 unspecified atom stereocenters. The molecule has 6 heteroatoms. The zero-order valence-electron chi connectivity index (χ0n) is 10.3. The van der Waals surface area contributed by atoms with Crippen LogP contribution in [0.2, 0.25) is 0 Å². The van der Waals surface area contributed by atoms with Gasteiger partial charge >= 0.3 is 6.18 Å². The molecule has 2 atom stereocenters. The highest BCUT2D eigenvalue weighted by Gasteiger charge is 2.42. The Hall–Kier alpha value is -0.780. The standard InChI is InChI=1S/C12H20F3NO2/c13-12(14,15)9-4-3-5-10(8-9)16-11(18)6-1-2-7-17/h9-10,17H,1-8H2,(H,16,18). The van der Waals surface area contributed by atoms with E-state index < -0.39 is 12.1 Å². The number of unbranched alkanes of at least 4 members (excludes halogenated alkanes) is 1. The van der Waals surface area contributed by atoms with Crippen LogP contribution >= 0.6 is 0 Å². The molecule has 1 aliphatic rings. The molecule has 1 rings (SSSR count). The predicted molar refractivity (Wildman–Crippen MR) is 60.9 cm³/mol. The first-order valence-corrected chi connectivity index (χ1v) is 6.40. The normalized spacial score (nSPS) is 24.9. The summed E-state index contributed by atoms with van der Waals surface area (Å²) in [6.07, 6.45) is -1.48. The molecule has 0 radical (unpaired) electrons. The Balaban J connectivity index is 2.31. The Bertz CT molecular complexity index is 269.